The number of aromatic amines is 1. The number of hydrogen-bond donors (Lipinski definition) is 1. The normalized spacial score (nSPS) is 11.8. The summed E-state index contributed by atoms with van der Waals surface area (Å²) in [7, 11) is 0. The van der Waals surface area contributed by atoms with Crippen molar-refractivity contribution in [1.29, 1.82) is 0 Å². The molecule has 0 aliphatic rings. The summed E-state index contributed by atoms with van der Waals surface area (Å²) in [6, 6.07) is 10.5. The van der Waals surface area contributed by atoms with E-state index in [2.05, 4.69) is 4.98 Å². The number of aromatic nitrogens is 2. The van der Waals surface area contributed by atoms with Gasteiger partial charge in [-0.05, 0) is 48.4 Å². The first-order valence-corrected chi connectivity index (χ1v) is 10.7. The number of H-pyrrole nitrogens is 1. The van der Waals surface area contributed by atoms with E-state index in [0.717, 1.165) is 0 Å². The molecule has 32 heavy (non-hydrogen) atoms. The number of nitrogens with one attached hydrogen (secondary N) is 1. The number of halogens is 3. The molecule has 0 amide bonds. The summed E-state index contributed by atoms with van der Waals surface area (Å²) >= 11 is 17.8. The highest BCUT2D eigenvalue weighted by Crippen LogP contribution is 2.29. The van der Waals surface area contributed by atoms with E-state index in [1.165, 1.54) is 28.7 Å². The van der Waals surface area contributed by atoms with Gasteiger partial charge in [0.05, 0.1) is 11.8 Å². The van der Waals surface area contributed by atoms with Crippen molar-refractivity contribution in [3.8, 4) is 11.1 Å². The van der Waals surface area contributed by atoms with Gasteiger partial charge in [0.15, 0.2) is 0 Å². The molecule has 0 atom stereocenters. The largest absolute Gasteiger partial charge is 0.462 e. The summed E-state index contributed by atoms with van der Waals surface area (Å²) in [5, 5.41) is 1.01. The average molecular weight is 489 g/mol. The highest BCUT2D eigenvalue weighted by atomic mass is 35.5. The van der Waals surface area contributed by atoms with Gasteiger partial charge >= 0.3 is 5.97 Å². The fraction of sp³-hybridized carbons (Fsp3) is 0.0870. The maximum Gasteiger partial charge on any atom is 0.342 e. The molecular formula is C23H15Cl2FN2O3S. The first kappa shape index (κ1) is 22.2. The summed E-state index contributed by atoms with van der Waals surface area (Å²) < 4.78 is 20.3. The van der Waals surface area contributed by atoms with Crippen LogP contribution in [0.2, 0.25) is 10.0 Å². The fourth-order valence-corrected chi connectivity index (χ4v) is 4.11. The molecule has 162 valence electrons. The average Bonchev–Trinajstić information content (AvgIpc) is 3.12. The Bertz CT molecular complexity index is 1530. The molecule has 0 radical (unpaired) electrons. The Morgan fingerprint density at radius 2 is 1.94 bits per heavy atom. The predicted molar refractivity (Wildman–Crippen MR) is 125 cm³/mol. The Labute approximate surface area is 196 Å². The lowest BCUT2D eigenvalue weighted by atomic mass is 10.0. The molecule has 4 rings (SSSR count). The van der Waals surface area contributed by atoms with Crippen LogP contribution in [-0.2, 0) is 4.74 Å². The van der Waals surface area contributed by atoms with Crippen LogP contribution < -0.4 is 10.8 Å². The first-order valence-electron chi connectivity index (χ1n) is 9.51. The van der Waals surface area contributed by atoms with Crippen LogP contribution in [0, 0.1) is 10.5 Å². The van der Waals surface area contributed by atoms with E-state index in [0.29, 0.717) is 26.7 Å². The number of hydrogen-bond acceptors (Lipinski definition) is 4. The van der Waals surface area contributed by atoms with Crippen molar-refractivity contribution in [3.63, 3.8) is 0 Å². The van der Waals surface area contributed by atoms with Crippen molar-refractivity contribution in [3.05, 3.63) is 95.9 Å². The van der Waals surface area contributed by atoms with Crippen LogP contribution in [0.3, 0.4) is 0 Å². The molecule has 2 aromatic carbocycles. The molecule has 1 N–H and O–H groups in total. The third-order valence-corrected chi connectivity index (χ3v) is 5.81. The van der Waals surface area contributed by atoms with Crippen molar-refractivity contribution < 1.29 is 13.9 Å². The maximum atomic E-state index is 13.4. The summed E-state index contributed by atoms with van der Waals surface area (Å²) in [5.41, 5.74) is 1.41. The van der Waals surface area contributed by atoms with Crippen LogP contribution in [0.15, 0.2) is 53.5 Å². The van der Waals surface area contributed by atoms with Crippen molar-refractivity contribution in [2.75, 3.05) is 6.61 Å². The van der Waals surface area contributed by atoms with Gasteiger partial charge < -0.3 is 9.72 Å². The van der Waals surface area contributed by atoms with Gasteiger partial charge in [0, 0.05) is 21.8 Å². The van der Waals surface area contributed by atoms with E-state index in [-0.39, 0.29) is 27.7 Å². The second-order valence-corrected chi connectivity index (χ2v) is 8.08. The maximum absolute atomic E-state index is 13.4. The number of esters is 1. The second-order valence-electron chi connectivity index (χ2n) is 6.85. The van der Waals surface area contributed by atoms with Crippen LogP contribution in [0.5, 0.6) is 0 Å². The molecule has 0 saturated carbocycles. The minimum Gasteiger partial charge on any atom is -0.462 e. The quantitative estimate of drug-likeness (QED) is 0.317. The molecule has 0 spiro atoms. The van der Waals surface area contributed by atoms with Gasteiger partial charge in [-0.15, -0.1) is 0 Å². The molecule has 0 fully saturated rings. The number of carbonyl (C=O) groups is 1. The van der Waals surface area contributed by atoms with Crippen molar-refractivity contribution in [1.82, 2.24) is 9.38 Å². The van der Waals surface area contributed by atoms with Gasteiger partial charge in [0.25, 0.3) is 5.56 Å². The molecule has 2 heterocycles. The molecule has 0 unspecified atom stereocenters. The number of fused-ring (bicyclic) bond motifs is 1. The van der Waals surface area contributed by atoms with Gasteiger partial charge in [-0.1, -0.05) is 53.6 Å². The molecule has 0 saturated heterocycles. The number of nitrogens with zero attached hydrogens (tertiary/aromatic N) is 1. The molecule has 2 aromatic heterocycles. The summed E-state index contributed by atoms with van der Waals surface area (Å²) in [5.74, 6) is -1.04. The zero-order valence-corrected chi connectivity index (χ0v) is 18.9. The summed E-state index contributed by atoms with van der Waals surface area (Å²) in [6.07, 6.45) is 3.18. The van der Waals surface area contributed by atoms with Crippen LogP contribution in [0.25, 0.3) is 22.9 Å². The van der Waals surface area contributed by atoms with Gasteiger partial charge in [-0.25, -0.2) is 9.18 Å². The molecule has 4 aromatic rings. The minimum absolute atomic E-state index is 0.137. The lowest BCUT2D eigenvalue weighted by Gasteiger charge is -2.05. The van der Waals surface area contributed by atoms with Crippen molar-refractivity contribution >= 4 is 53.1 Å². The lowest BCUT2D eigenvalue weighted by molar-refractivity contribution is 0.0529. The van der Waals surface area contributed by atoms with E-state index < -0.39 is 17.3 Å². The van der Waals surface area contributed by atoms with Crippen LogP contribution in [0.4, 0.5) is 4.39 Å². The fourth-order valence-electron chi connectivity index (χ4n) is 3.35. The standard InChI is InChI=1S/C23H15Cl2FN2O3S/c1-2-31-23(30)19-17(12-4-7-15(26)8-5-12)11-28-20(19)27-21(29)16(22(28)32)9-13-3-6-14(24)10-18(13)25/h3-11H,2H2,1H3,(H,27,29). The number of rotatable bonds is 4. The molecule has 0 aliphatic heterocycles. The monoisotopic (exact) mass is 488 g/mol. The zero-order chi connectivity index (χ0) is 23.0. The first-order chi connectivity index (χ1) is 15.3. The van der Waals surface area contributed by atoms with E-state index >= 15 is 0 Å². The van der Waals surface area contributed by atoms with E-state index in [9.17, 15) is 14.0 Å². The lowest BCUT2D eigenvalue weighted by Crippen LogP contribution is -2.30. The Morgan fingerprint density at radius 3 is 2.59 bits per heavy atom. The molecule has 0 bridgehead atoms. The Balaban J connectivity index is 2.04. The minimum atomic E-state index is -0.628. The Morgan fingerprint density at radius 1 is 1.22 bits per heavy atom. The topological polar surface area (TPSA) is 63.6 Å². The highest BCUT2D eigenvalue weighted by Gasteiger charge is 2.22. The van der Waals surface area contributed by atoms with Crippen molar-refractivity contribution in [2.45, 2.75) is 6.92 Å². The summed E-state index contributed by atoms with van der Waals surface area (Å²) in [4.78, 5) is 28.4. The number of ether oxygens (including phenoxy) is 1. The summed E-state index contributed by atoms with van der Waals surface area (Å²) in [6.45, 7) is 1.82. The number of carbonyl (C=O) groups excluding carboxylic acids is 1. The van der Waals surface area contributed by atoms with Crippen LogP contribution in [-0.4, -0.2) is 22.0 Å². The highest BCUT2D eigenvalue weighted by molar-refractivity contribution is 7.71. The Hall–Kier alpha value is -3.00. The second kappa shape index (κ2) is 8.86. The third kappa shape index (κ3) is 4.07. The van der Waals surface area contributed by atoms with Gasteiger partial charge in [0.1, 0.15) is 21.7 Å². The molecular weight excluding hydrogens is 474 g/mol. The third-order valence-electron chi connectivity index (χ3n) is 4.83. The van der Waals surface area contributed by atoms with E-state index in [4.69, 9.17) is 40.2 Å². The van der Waals surface area contributed by atoms with Crippen LogP contribution >= 0.6 is 35.4 Å². The van der Waals surface area contributed by atoms with E-state index in [1.54, 1.807) is 37.4 Å². The van der Waals surface area contributed by atoms with Gasteiger partial charge in [-0.2, -0.15) is 0 Å². The SMILES string of the molecule is CCOC(=O)c1c(-c2ccc(F)cc2)cn2c(=S)c(=Cc3ccc(Cl)cc3Cl)c(=O)[nH]c12. The Kier molecular flexibility index (Phi) is 6.15. The van der Waals surface area contributed by atoms with Gasteiger partial charge in [0.2, 0.25) is 0 Å². The zero-order valence-electron chi connectivity index (χ0n) is 16.6. The molecule has 0 aliphatic carbocycles. The van der Waals surface area contributed by atoms with Gasteiger partial charge in [-0.3, -0.25) is 9.20 Å². The van der Waals surface area contributed by atoms with E-state index in [1.807, 2.05) is 0 Å². The smallest absolute Gasteiger partial charge is 0.342 e. The van der Waals surface area contributed by atoms with Crippen molar-refractivity contribution in [2.24, 2.45) is 0 Å². The number of benzene rings is 2. The molecule has 5 nitrogen and oxygen atoms in total. The predicted octanol–water partition coefficient (Wildman–Crippen LogP) is 5.19. The van der Waals surface area contributed by atoms with Crippen LogP contribution in [0.1, 0.15) is 22.8 Å². The molecule has 9 heteroatoms.